The molecule has 0 radical (unpaired) electrons. The molecule has 0 fully saturated rings. The Hall–Kier alpha value is -2.02. The Labute approximate surface area is 126 Å². The van der Waals surface area contributed by atoms with Crippen LogP contribution in [0.1, 0.15) is 36.8 Å². The Balaban J connectivity index is 2.06. The number of alkyl halides is 3. The van der Waals surface area contributed by atoms with Crippen LogP contribution in [0.3, 0.4) is 0 Å². The third kappa shape index (κ3) is 4.49. The van der Waals surface area contributed by atoms with Crippen molar-refractivity contribution in [3.63, 3.8) is 0 Å². The lowest BCUT2D eigenvalue weighted by Crippen LogP contribution is -2.10. The van der Waals surface area contributed by atoms with Gasteiger partial charge < -0.3 is 14.9 Å². The molecule has 0 saturated carbocycles. The molecule has 0 aliphatic rings. The minimum Gasteiger partial charge on any atom is -0.481 e. The fourth-order valence-corrected chi connectivity index (χ4v) is 1.99. The quantitative estimate of drug-likeness (QED) is 0.786. The van der Waals surface area contributed by atoms with E-state index >= 15 is 0 Å². The highest BCUT2D eigenvalue weighted by molar-refractivity contribution is 5.29. The first-order chi connectivity index (χ1) is 10.5. The van der Waals surface area contributed by atoms with Crippen LogP contribution in [-0.2, 0) is 6.18 Å². The zero-order valence-electron chi connectivity index (χ0n) is 11.8. The number of ether oxygens (including phenoxy) is 1. The van der Waals surface area contributed by atoms with Crippen LogP contribution >= 0.6 is 0 Å². The molecule has 1 atom stereocenters. The van der Waals surface area contributed by atoms with Crippen molar-refractivity contribution in [3.8, 4) is 5.75 Å². The molecule has 4 nitrogen and oxygen atoms in total. The molecule has 2 aromatic rings. The number of nitrogens with two attached hydrogens (primary N) is 1. The monoisotopic (exact) mass is 314 g/mol. The van der Waals surface area contributed by atoms with Crippen molar-refractivity contribution in [2.75, 3.05) is 6.54 Å². The van der Waals surface area contributed by atoms with Gasteiger partial charge in [-0.05, 0) is 50.1 Å². The standard InChI is InChI=1S/C15H17F3N2O2/c16-15(17,18)11-4-6-12(7-5-11)22-13(3-1-2-8-19)14-20-9-10-21-14/h4-7,9-10,13H,1-3,8,19H2. The van der Waals surface area contributed by atoms with E-state index in [1.54, 1.807) is 0 Å². The summed E-state index contributed by atoms with van der Waals surface area (Å²) in [6.45, 7) is 0.568. The summed E-state index contributed by atoms with van der Waals surface area (Å²) in [5, 5.41) is 0. The SMILES string of the molecule is NCCCCC(Oc1ccc(C(F)(F)F)cc1)c1ncco1. The van der Waals surface area contributed by atoms with Gasteiger partial charge in [-0.25, -0.2) is 4.98 Å². The molecule has 1 aromatic carbocycles. The zero-order chi connectivity index (χ0) is 16.0. The number of aromatic nitrogens is 1. The van der Waals surface area contributed by atoms with Gasteiger partial charge in [0, 0.05) is 0 Å². The number of halogens is 3. The van der Waals surface area contributed by atoms with Gasteiger partial charge in [-0.15, -0.1) is 0 Å². The van der Waals surface area contributed by atoms with Gasteiger partial charge in [0.2, 0.25) is 5.89 Å². The van der Waals surface area contributed by atoms with E-state index in [1.807, 2.05) is 0 Å². The second-order valence-electron chi connectivity index (χ2n) is 4.78. The van der Waals surface area contributed by atoms with Gasteiger partial charge >= 0.3 is 6.18 Å². The summed E-state index contributed by atoms with van der Waals surface area (Å²) in [5.41, 5.74) is 4.74. The molecule has 22 heavy (non-hydrogen) atoms. The van der Waals surface area contributed by atoms with Crippen LogP contribution < -0.4 is 10.5 Å². The zero-order valence-corrected chi connectivity index (χ0v) is 11.8. The number of hydrogen-bond acceptors (Lipinski definition) is 4. The second kappa shape index (κ2) is 7.31. The maximum Gasteiger partial charge on any atom is 0.416 e. The molecule has 120 valence electrons. The number of unbranched alkanes of at least 4 members (excludes halogenated alkanes) is 1. The molecule has 0 aliphatic carbocycles. The van der Waals surface area contributed by atoms with Crippen LogP contribution in [-0.4, -0.2) is 11.5 Å². The van der Waals surface area contributed by atoms with Gasteiger partial charge in [-0.1, -0.05) is 0 Å². The van der Waals surface area contributed by atoms with Gasteiger partial charge in [0.05, 0.1) is 11.8 Å². The second-order valence-corrected chi connectivity index (χ2v) is 4.78. The highest BCUT2D eigenvalue weighted by Gasteiger charge is 2.30. The van der Waals surface area contributed by atoms with E-state index in [1.165, 1.54) is 24.6 Å². The Morgan fingerprint density at radius 2 is 1.91 bits per heavy atom. The van der Waals surface area contributed by atoms with Crippen LogP contribution in [0.15, 0.2) is 41.1 Å². The maximum absolute atomic E-state index is 12.5. The summed E-state index contributed by atoms with van der Waals surface area (Å²) in [6.07, 6.45) is 0.388. The van der Waals surface area contributed by atoms with Crippen LogP contribution in [0.2, 0.25) is 0 Å². The summed E-state index contributed by atoms with van der Waals surface area (Å²) >= 11 is 0. The van der Waals surface area contributed by atoms with Crippen molar-refractivity contribution in [1.29, 1.82) is 0 Å². The van der Waals surface area contributed by atoms with E-state index < -0.39 is 17.8 Å². The summed E-state index contributed by atoms with van der Waals surface area (Å²) in [6, 6.07) is 4.56. The van der Waals surface area contributed by atoms with Gasteiger partial charge in [0.1, 0.15) is 12.0 Å². The minimum absolute atomic E-state index is 0.337. The first kappa shape index (κ1) is 16.4. The maximum atomic E-state index is 12.5. The number of benzene rings is 1. The van der Waals surface area contributed by atoms with E-state index in [0.29, 0.717) is 24.6 Å². The highest BCUT2D eigenvalue weighted by atomic mass is 19.4. The molecule has 0 spiro atoms. The third-order valence-electron chi connectivity index (χ3n) is 3.11. The molecule has 1 heterocycles. The summed E-state index contributed by atoms with van der Waals surface area (Å²) in [4.78, 5) is 4.05. The Kier molecular flexibility index (Phi) is 5.43. The Morgan fingerprint density at radius 3 is 2.45 bits per heavy atom. The molecule has 1 unspecified atom stereocenters. The molecule has 0 aliphatic heterocycles. The third-order valence-corrected chi connectivity index (χ3v) is 3.11. The summed E-state index contributed by atoms with van der Waals surface area (Å²) in [7, 11) is 0. The van der Waals surface area contributed by atoms with Crippen LogP contribution in [0.4, 0.5) is 13.2 Å². The van der Waals surface area contributed by atoms with E-state index in [9.17, 15) is 13.2 Å². The lowest BCUT2D eigenvalue weighted by atomic mass is 10.1. The van der Waals surface area contributed by atoms with Crippen LogP contribution in [0.5, 0.6) is 5.75 Å². The van der Waals surface area contributed by atoms with Gasteiger partial charge in [-0.3, -0.25) is 0 Å². The largest absolute Gasteiger partial charge is 0.481 e. The predicted octanol–water partition coefficient (Wildman–Crippen LogP) is 3.94. The fraction of sp³-hybridized carbons (Fsp3) is 0.400. The topological polar surface area (TPSA) is 61.3 Å². The molecule has 1 aromatic heterocycles. The molecule has 0 bridgehead atoms. The van der Waals surface area contributed by atoms with Crippen LogP contribution in [0.25, 0.3) is 0 Å². The first-order valence-corrected chi connectivity index (χ1v) is 6.94. The normalized spacial score (nSPS) is 13.1. The number of hydrogen-bond donors (Lipinski definition) is 1. The Bertz CT molecular complexity index is 553. The molecule has 7 heteroatoms. The van der Waals surface area contributed by atoms with Crippen molar-refractivity contribution in [2.45, 2.75) is 31.5 Å². The lowest BCUT2D eigenvalue weighted by molar-refractivity contribution is -0.137. The minimum atomic E-state index is -4.36. The smallest absolute Gasteiger partial charge is 0.416 e. The number of oxazole rings is 1. The average molecular weight is 314 g/mol. The fourth-order valence-electron chi connectivity index (χ4n) is 1.99. The van der Waals surface area contributed by atoms with Crippen molar-refractivity contribution in [1.82, 2.24) is 4.98 Å². The molecular formula is C15H17F3N2O2. The average Bonchev–Trinajstić information content (AvgIpc) is 3.00. The van der Waals surface area contributed by atoms with E-state index in [-0.39, 0.29) is 0 Å². The highest BCUT2D eigenvalue weighted by Crippen LogP contribution is 2.32. The van der Waals surface area contributed by atoms with Crippen molar-refractivity contribution in [2.24, 2.45) is 5.73 Å². The predicted molar refractivity (Wildman–Crippen MR) is 74.2 cm³/mol. The van der Waals surface area contributed by atoms with E-state index in [0.717, 1.165) is 25.0 Å². The molecule has 2 rings (SSSR count). The van der Waals surface area contributed by atoms with Crippen molar-refractivity contribution in [3.05, 3.63) is 48.2 Å². The van der Waals surface area contributed by atoms with E-state index in [4.69, 9.17) is 14.9 Å². The molecule has 0 amide bonds. The molecular weight excluding hydrogens is 297 g/mol. The van der Waals surface area contributed by atoms with Crippen LogP contribution in [0, 0.1) is 0 Å². The molecule has 0 saturated heterocycles. The Morgan fingerprint density at radius 1 is 1.18 bits per heavy atom. The van der Waals surface area contributed by atoms with Gasteiger partial charge in [-0.2, -0.15) is 13.2 Å². The van der Waals surface area contributed by atoms with Gasteiger partial charge in [0.15, 0.2) is 6.10 Å². The lowest BCUT2D eigenvalue weighted by Gasteiger charge is -2.16. The number of rotatable bonds is 7. The van der Waals surface area contributed by atoms with Crippen molar-refractivity contribution < 1.29 is 22.3 Å². The number of nitrogens with zero attached hydrogens (tertiary/aromatic N) is 1. The summed E-state index contributed by atoms with van der Waals surface area (Å²) < 4.78 is 48.5. The summed E-state index contributed by atoms with van der Waals surface area (Å²) in [5.74, 6) is 0.737. The van der Waals surface area contributed by atoms with Gasteiger partial charge in [0.25, 0.3) is 0 Å². The first-order valence-electron chi connectivity index (χ1n) is 6.94. The molecule has 2 N–H and O–H groups in total. The van der Waals surface area contributed by atoms with Crippen molar-refractivity contribution >= 4 is 0 Å². The van der Waals surface area contributed by atoms with E-state index in [2.05, 4.69) is 4.98 Å².